The molecule has 8 nitrogen and oxygen atoms in total. The van der Waals surface area contributed by atoms with Crippen LogP contribution in [-0.2, 0) is 11.3 Å². The van der Waals surface area contributed by atoms with Gasteiger partial charge in [-0.05, 0) is 40.1 Å². The number of carbonyl (C=O) groups is 1. The number of ether oxygens (including phenoxy) is 2. The molecule has 0 radical (unpaired) electrons. The summed E-state index contributed by atoms with van der Waals surface area (Å²) in [7, 11) is 0. The van der Waals surface area contributed by atoms with Crippen LogP contribution in [0.15, 0.2) is 79.1 Å². The lowest BCUT2D eigenvalue weighted by atomic mass is 10.0. The third-order valence-electron chi connectivity index (χ3n) is 6.26. The number of hydrogen-bond acceptors (Lipinski definition) is 6. The first-order valence-corrected chi connectivity index (χ1v) is 11.9. The standard InChI is InChI=1S/C28H25N5O3/c34-28(30-17-21-6-3-5-19-4-1-2-7-22(19)21)23-9-8-20-16-25(23)36-15-14-35-13-11-29-26-10-12-33-27(32-26)24(20)18-31-33/h1-10,12,16,18H,11,13-15,17H2,(H,29,32)(H,30,34). The molecule has 6 rings (SSSR count). The van der Waals surface area contributed by atoms with Gasteiger partial charge < -0.3 is 20.1 Å². The lowest BCUT2D eigenvalue weighted by Gasteiger charge is -2.15. The van der Waals surface area contributed by atoms with Crippen LogP contribution in [-0.4, -0.2) is 46.9 Å². The van der Waals surface area contributed by atoms with Crippen molar-refractivity contribution in [3.63, 3.8) is 0 Å². The Balaban J connectivity index is 1.32. The molecular weight excluding hydrogens is 454 g/mol. The van der Waals surface area contributed by atoms with Crippen LogP contribution >= 0.6 is 0 Å². The zero-order valence-electron chi connectivity index (χ0n) is 19.6. The molecule has 1 aliphatic heterocycles. The molecule has 0 unspecified atom stereocenters. The topological polar surface area (TPSA) is 89.8 Å². The number of nitrogens with zero attached hydrogens (tertiary/aromatic N) is 3. The zero-order valence-corrected chi connectivity index (χ0v) is 19.6. The Morgan fingerprint density at radius 3 is 2.92 bits per heavy atom. The van der Waals surface area contributed by atoms with Crippen molar-refractivity contribution in [3.05, 3.63) is 90.3 Å². The minimum atomic E-state index is -0.198. The van der Waals surface area contributed by atoms with Crippen LogP contribution in [0.4, 0.5) is 5.82 Å². The summed E-state index contributed by atoms with van der Waals surface area (Å²) in [5, 5.41) is 13.0. The molecule has 36 heavy (non-hydrogen) atoms. The van der Waals surface area contributed by atoms with Gasteiger partial charge in [-0.25, -0.2) is 9.50 Å². The maximum Gasteiger partial charge on any atom is 0.255 e. The molecule has 0 atom stereocenters. The van der Waals surface area contributed by atoms with E-state index in [0.717, 1.165) is 38.9 Å². The molecule has 180 valence electrons. The van der Waals surface area contributed by atoms with Crippen LogP contribution in [0.5, 0.6) is 5.75 Å². The SMILES string of the molecule is O=C(NCc1cccc2ccccc12)c1ccc2cc1OCCOCCNc1ccn3ncc-2c3n1. The van der Waals surface area contributed by atoms with Crippen molar-refractivity contribution >= 4 is 28.1 Å². The van der Waals surface area contributed by atoms with Gasteiger partial charge in [0.25, 0.3) is 5.91 Å². The van der Waals surface area contributed by atoms with Crippen molar-refractivity contribution in [3.8, 4) is 16.9 Å². The minimum Gasteiger partial charge on any atom is -0.490 e. The molecule has 0 spiro atoms. The summed E-state index contributed by atoms with van der Waals surface area (Å²) in [6, 6.07) is 21.7. The lowest BCUT2D eigenvalue weighted by molar-refractivity contribution is 0.0932. The smallest absolute Gasteiger partial charge is 0.255 e. The third-order valence-corrected chi connectivity index (χ3v) is 6.26. The Hall–Kier alpha value is -4.43. The quantitative estimate of drug-likeness (QED) is 0.401. The van der Waals surface area contributed by atoms with Gasteiger partial charge >= 0.3 is 0 Å². The average Bonchev–Trinajstić information content (AvgIpc) is 3.34. The van der Waals surface area contributed by atoms with E-state index in [-0.39, 0.29) is 5.91 Å². The first kappa shape index (κ1) is 22.1. The summed E-state index contributed by atoms with van der Waals surface area (Å²) >= 11 is 0. The van der Waals surface area contributed by atoms with E-state index in [9.17, 15) is 4.79 Å². The summed E-state index contributed by atoms with van der Waals surface area (Å²) < 4.78 is 13.4. The largest absolute Gasteiger partial charge is 0.490 e. The van der Waals surface area contributed by atoms with Crippen LogP contribution in [0, 0.1) is 0 Å². The predicted octanol–water partition coefficient (Wildman–Crippen LogP) is 4.30. The number of aromatic nitrogens is 3. The van der Waals surface area contributed by atoms with Crippen LogP contribution in [0.25, 0.3) is 27.5 Å². The van der Waals surface area contributed by atoms with Crippen LogP contribution in [0.2, 0.25) is 0 Å². The van der Waals surface area contributed by atoms with Gasteiger partial charge in [0, 0.05) is 24.8 Å². The summed E-state index contributed by atoms with van der Waals surface area (Å²) in [4.78, 5) is 18.0. The molecule has 2 aromatic heterocycles. The van der Waals surface area contributed by atoms with E-state index < -0.39 is 0 Å². The Morgan fingerprint density at radius 1 is 1.03 bits per heavy atom. The van der Waals surface area contributed by atoms with E-state index >= 15 is 0 Å². The van der Waals surface area contributed by atoms with E-state index in [2.05, 4.69) is 33.9 Å². The van der Waals surface area contributed by atoms with Gasteiger partial charge in [0.1, 0.15) is 18.2 Å². The van der Waals surface area contributed by atoms with Crippen molar-refractivity contribution in [1.82, 2.24) is 19.9 Å². The predicted molar refractivity (Wildman–Crippen MR) is 138 cm³/mol. The second-order valence-electron chi connectivity index (χ2n) is 8.56. The number of anilines is 1. The summed E-state index contributed by atoms with van der Waals surface area (Å²) in [5.74, 6) is 1.05. The van der Waals surface area contributed by atoms with Crippen molar-refractivity contribution in [2.45, 2.75) is 6.54 Å². The molecule has 1 aliphatic rings. The second kappa shape index (κ2) is 9.67. The Labute approximate surface area is 207 Å². The summed E-state index contributed by atoms with van der Waals surface area (Å²) in [5.41, 5.74) is 3.98. The van der Waals surface area contributed by atoms with E-state index in [1.54, 1.807) is 16.8 Å². The van der Waals surface area contributed by atoms with Gasteiger partial charge in [0.05, 0.1) is 25.0 Å². The van der Waals surface area contributed by atoms with Gasteiger partial charge in [-0.3, -0.25) is 4.79 Å². The van der Waals surface area contributed by atoms with Gasteiger partial charge in [0.2, 0.25) is 0 Å². The van der Waals surface area contributed by atoms with Gasteiger partial charge in [-0.15, -0.1) is 0 Å². The number of carbonyl (C=O) groups excluding carboxylic acids is 1. The molecule has 4 bridgehead atoms. The molecule has 0 saturated carbocycles. The van der Waals surface area contributed by atoms with E-state index in [1.165, 1.54) is 0 Å². The van der Waals surface area contributed by atoms with Crippen LogP contribution in [0.1, 0.15) is 15.9 Å². The Kier molecular flexibility index (Phi) is 5.93. The summed E-state index contributed by atoms with van der Waals surface area (Å²) in [6.45, 7) is 2.30. The number of fused-ring (bicyclic) bond motifs is 5. The Morgan fingerprint density at radius 2 is 1.94 bits per heavy atom. The lowest BCUT2D eigenvalue weighted by Crippen LogP contribution is -2.24. The molecule has 0 saturated heterocycles. The van der Waals surface area contributed by atoms with Gasteiger partial charge in [-0.1, -0.05) is 48.5 Å². The van der Waals surface area contributed by atoms with E-state index in [1.807, 2.05) is 48.7 Å². The fourth-order valence-electron chi connectivity index (χ4n) is 4.45. The maximum atomic E-state index is 13.3. The highest BCUT2D eigenvalue weighted by atomic mass is 16.5. The molecule has 5 aromatic rings. The maximum absolute atomic E-state index is 13.3. The fraction of sp³-hybridized carbons (Fsp3) is 0.179. The minimum absolute atomic E-state index is 0.198. The number of hydrogen-bond donors (Lipinski definition) is 2. The van der Waals surface area contributed by atoms with Gasteiger partial charge in [-0.2, -0.15) is 5.10 Å². The molecule has 8 heteroatoms. The fourth-order valence-corrected chi connectivity index (χ4v) is 4.45. The van der Waals surface area contributed by atoms with Crippen molar-refractivity contribution in [2.24, 2.45) is 0 Å². The van der Waals surface area contributed by atoms with Crippen LogP contribution in [0.3, 0.4) is 0 Å². The Bertz CT molecular complexity index is 1560. The van der Waals surface area contributed by atoms with Gasteiger partial charge in [0.15, 0.2) is 5.65 Å². The van der Waals surface area contributed by atoms with Crippen molar-refractivity contribution in [2.75, 3.05) is 31.7 Å². The molecular formula is C28H25N5O3. The highest BCUT2D eigenvalue weighted by molar-refractivity contribution is 5.98. The molecule has 3 aromatic carbocycles. The van der Waals surface area contributed by atoms with Crippen molar-refractivity contribution < 1.29 is 14.3 Å². The first-order chi connectivity index (χ1) is 17.8. The number of benzene rings is 3. The zero-order chi connectivity index (χ0) is 24.3. The first-order valence-electron chi connectivity index (χ1n) is 11.9. The highest BCUT2D eigenvalue weighted by Crippen LogP contribution is 2.30. The molecule has 2 N–H and O–H groups in total. The second-order valence-corrected chi connectivity index (χ2v) is 8.56. The monoisotopic (exact) mass is 479 g/mol. The van der Waals surface area contributed by atoms with E-state index in [4.69, 9.17) is 14.5 Å². The van der Waals surface area contributed by atoms with Crippen molar-refractivity contribution in [1.29, 1.82) is 0 Å². The number of rotatable bonds is 3. The normalized spacial score (nSPS) is 13.7. The third kappa shape index (κ3) is 4.34. The van der Waals surface area contributed by atoms with Crippen LogP contribution < -0.4 is 15.4 Å². The summed E-state index contributed by atoms with van der Waals surface area (Å²) in [6.07, 6.45) is 3.65. The highest BCUT2D eigenvalue weighted by Gasteiger charge is 2.17. The number of nitrogens with one attached hydrogen (secondary N) is 2. The average molecular weight is 480 g/mol. The molecule has 0 aliphatic carbocycles. The number of amides is 1. The van der Waals surface area contributed by atoms with E-state index in [0.29, 0.717) is 44.2 Å². The molecule has 0 fully saturated rings. The molecule has 3 heterocycles. The molecule has 1 amide bonds.